The fourth-order valence-corrected chi connectivity index (χ4v) is 5.37. The second-order valence-electron chi connectivity index (χ2n) is 11.2. The van der Waals surface area contributed by atoms with E-state index in [4.69, 9.17) is 0 Å². The van der Waals surface area contributed by atoms with E-state index < -0.39 is 40.7 Å². The van der Waals surface area contributed by atoms with Crippen molar-refractivity contribution in [1.82, 2.24) is 24.3 Å². The van der Waals surface area contributed by atoms with Crippen LogP contribution in [0, 0.1) is 5.82 Å². The lowest BCUT2D eigenvalue weighted by Crippen LogP contribution is -2.50. The van der Waals surface area contributed by atoms with E-state index in [9.17, 15) is 32.7 Å². The Kier molecular flexibility index (Phi) is 8.69. The number of piperazine rings is 2. The molecule has 2 aliphatic rings. The second-order valence-corrected chi connectivity index (χ2v) is 11.2. The van der Waals surface area contributed by atoms with E-state index in [1.165, 1.54) is 36.5 Å². The molecule has 2 amide bonds. The third kappa shape index (κ3) is 6.69. The first-order valence-electron chi connectivity index (χ1n) is 14.2. The van der Waals surface area contributed by atoms with E-state index in [1.807, 2.05) is 18.9 Å². The number of nitrogens with one attached hydrogen (secondary N) is 1. The zero-order valence-electron chi connectivity index (χ0n) is 24.8. The van der Waals surface area contributed by atoms with Gasteiger partial charge in [0.1, 0.15) is 5.82 Å². The Morgan fingerprint density at radius 3 is 2.22 bits per heavy atom. The highest BCUT2D eigenvalue weighted by molar-refractivity contribution is 6.07. The minimum atomic E-state index is -4.97. The number of aryl methyl sites for hydroxylation is 1. The van der Waals surface area contributed by atoms with Gasteiger partial charge in [-0.1, -0.05) is 0 Å². The summed E-state index contributed by atoms with van der Waals surface area (Å²) < 4.78 is 58.1. The molecule has 0 bridgehead atoms. The number of hydrogen-bond acceptors (Lipinski definition) is 8. The lowest BCUT2D eigenvalue weighted by atomic mass is 10.0. The number of aromatic nitrogens is 3. The summed E-state index contributed by atoms with van der Waals surface area (Å²) in [5.41, 5.74) is -2.44. The highest BCUT2D eigenvalue weighted by Crippen LogP contribution is 2.37. The molecule has 3 aromatic rings. The molecule has 16 heteroatoms. The predicted octanol–water partition coefficient (Wildman–Crippen LogP) is 3.19. The van der Waals surface area contributed by atoms with E-state index in [2.05, 4.69) is 20.2 Å². The Morgan fingerprint density at radius 2 is 1.62 bits per heavy atom. The summed E-state index contributed by atoms with van der Waals surface area (Å²) in [6, 6.07) is 3.01. The molecule has 0 unspecified atom stereocenters. The number of likely N-dealkylation sites (N-methyl/N-ethyl adjacent to an activating group) is 1. The van der Waals surface area contributed by atoms with Crippen LogP contribution in [0.25, 0.3) is 11.1 Å². The topological polar surface area (TPSA) is 127 Å². The standard InChI is InChI=1S/C29H32F4N8O4/c1-17-15-41(5-4-37(17)2)24-12-22(30)19(18-13-34-27(35-14-18)39-6-8-40(9-7-39)28(44)45)10-23(24)36-26(43)20-16-38(3)25(42)11-21(20)29(31,32)33/h10-14,16-17H,4-9,15H2,1-3H3,(H,36,43)(H,44,45)/t17-/m0/s1. The first-order valence-corrected chi connectivity index (χ1v) is 14.2. The molecule has 1 aromatic carbocycles. The molecule has 2 N–H and O–H groups in total. The van der Waals surface area contributed by atoms with Gasteiger partial charge in [-0.25, -0.2) is 19.2 Å². The minimum absolute atomic E-state index is 0.00924. The number of carbonyl (C=O) groups is 2. The normalized spacial score (nSPS) is 17.8. The van der Waals surface area contributed by atoms with Crippen LogP contribution < -0.4 is 20.7 Å². The molecular formula is C29H32F4N8O4. The molecule has 2 aromatic heterocycles. The van der Waals surface area contributed by atoms with Gasteiger partial charge in [0.15, 0.2) is 0 Å². The molecular weight excluding hydrogens is 600 g/mol. The number of pyridine rings is 1. The van der Waals surface area contributed by atoms with E-state index >= 15 is 4.39 Å². The third-order valence-electron chi connectivity index (χ3n) is 8.19. The van der Waals surface area contributed by atoms with Crippen LogP contribution in [0.3, 0.4) is 0 Å². The SMILES string of the molecule is C[C@H]1CN(c2cc(F)c(-c3cnc(N4CCN(C(=O)O)CC4)nc3)cc2NC(=O)c2cn(C)c(=O)cc2C(F)(F)F)CCN1C. The van der Waals surface area contributed by atoms with Gasteiger partial charge in [0.2, 0.25) is 5.95 Å². The molecule has 45 heavy (non-hydrogen) atoms. The van der Waals surface area contributed by atoms with E-state index in [0.29, 0.717) is 44.7 Å². The van der Waals surface area contributed by atoms with Crippen molar-refractivity contribution in [2.75, 3.05) is 68.0 Å². The molecule has 5 rings (SSSR count). The monoisotopic (exact) mass is 632 g/mol. The predicted molar refractivity (Wildman–Crippen MR) is 158 cm³/mol. The van der Waals surface area contributed by atoms with Gasteiger partial charge in [0, 0.05) is 94.7 Å². The molecule has 0 spiro atoms. The number of amides is 2. The summed E-state index contributed by atoms with van der Waals surface area (Å²) in [5.74, 6) is -1.44. The Hall–Kier alpha value is -4.73. The van der Waals surface area contributed by atoms with Crippen molar-refractivity contribution in [3.63, 3.8) is 0 Å². The van der Waals surface area contributed by atoms with Crippen molar-refractivity contribution in [3.8, 4) is 11.1 Å². The molecule has 240 valence electrons. The largest absolute Gasteiger partial charge is 0.465 e. The van der Waals surface area contributed by atoms with Crippen LogP contribution in [0.2, 0.25) is 0 Å². The molecule has 2 saturated heterocycles. The zero-order valence-corrected chi connectivity index (χ0v) is 24.8. The van der Waals surface area contributed by atoms with Crippen LogP contribution in [0.5, 0.6) is 0 Å². The number of halogens is 4. The quantitative estimate of drug-likeness (QED) is 0.408. The fraction of sp³-hybridized carbons (Fsp3) is 0.414. The van der Waals surface area contributed by atoms with Crippen molar-refractivity contribution >= 4 is 29.3 Å². The van der Waals surface area contributed by atoms with Crippen LogP contribution in [0.15, 0.2) is 41.6 Å². The lowest BCUT2D eigenvalue weighted by Gasteiger charge is -2.39. The number of hydrogen-bond donors (Lipinski definition) is 2. The average molecular weight is 633 g/mol. The summed E-state index contributed by atoms with van der Waals surface area (Å²) in [7, 11) is 3.18. The van der Waals surface area contributed by atoms with Crippen molar-refractivity contribution < 1.29 is 32.3 Å². The van der Waals surface area contributed by atoms with Crippen LogP contribution in [-0.4, -0.2) is 100 Å². The van der Waals surface area contributed by atoms with Crippen LogP contribution in [0.4, 0.5) is 39.7 Å². The van der Waals surface area contributed by atoms with E-state index in [1.54, 1.807) is 4.90 Å². The Labute approximate surface area is 255 Å². The maximum atomic E-state index is 15.7. The lowest BCUT2D eigenvalue weighted by molar-refractivity contribution is -0.138. The number of carbonyl (C=O) groups excluding carboxylic acids is 1. The summed E-state index contributed by atoms with van der Waals surface area (Å²) in [6.45, 7) is 4.86. The highest BCUT2D eigenvalue weighted by atomic mass is 19.4. The molecule has 0 radical (unpaired) electrons. The van der Waals surface area contributed by atoms with Crippen molar-refractivity contribution in [2.24, 2.45) is 7.05 Å². The van der Waals surface area contributed by atoms with E-state index in [0.717, 1.165) is 10.8 Å². The Bertz CT molecular complexity index is 1660. The molecule has 0 aliphatic carbocycles. The number of nitrogens with zero attached hydrogens (tertiary/aromatic N) is 7. The van der Waals surface area contributed by atoms with Crippen LogP contribution in [0.1, 0.15) is 22.8 Å². The smallest absolute Gasteiger partial charge is 0.417 e. The summed E-state index contributed by atoms with van der Waals surface area (Å²) >= 11 is 0. The number of anilines is 3. The molecule has 2 aliphatic heterocycles. The Balaban J connectivity index is 1.50. The number of rotatable bonds is 5. The van der Waals surface area contributed by atoms with Gasteiger partial charge >= 0.3 is 12.3 Å². The van der Waals surface area contributed by atoms with Gasteiger partial charge in [-0.2, -0.15) is 13.2 Å². The van der Waals surface area contributed by atoms with Crippen molar-refractivity contribution in [1.29, 1.82) is 0 Å². The van der Waals surface area contributed by atoms with E-state index in [-0.39, 0.29) is 41.6 Å². The highest BCUT2D eigenvalue weighted by Gasteiger charge is 2.36. The van der Waals surface area contributed by atoms with Gasteiger partial charge in [-0.15, -0.1) is 0 Å². The van der Waals surface area contributed by atoms with Crippen molar-refractivity contribution in [3.05, 3.63) is 64.1 Å². The molecule has 1 atom stereocenters. The third-order valence-corrected chi connectivity index (χ3v) is 8.19. The minimum Gasteiger partial charge on any atom is -0.465 e. The average Bonchev–Trinajstić information content (AvgIpc) is 3.00. The van der Waals surface area contributed by atoms with Gasteiger partial charge in [0.05, 0.1) is 22.5 Å². The molecule has 4 heterocycles. The Morgan fingerprint density at radius 1 is 0.978 bits per heavy atom. The maximum absolute atomic E-state index is 15.7. The van der Waals surface area contributed by atoms with Gasteiger partial charge in [-0.3, -0.25) is 9.59 Å². The first-order chi connectivity index (χ1) is 21.2. The second kappa shape index (κ2) is 12.3. The summed E-state index contributed by atoms with van der Waals surface area (Å²) in [6.07, 6.45) is -2.37. The zero-order chi connectivity index (χ0) is 32.6. The van der Waals surface area contributed by atoms with Crippen molar-refractivity contribution in [2.45, 2.75) is 19.1 Å². The van der Waals surface area contributed by atoms with Gasteiger partial charge in [-0.05, 0) is 26.1 Å². The van der Waals surface area contributed by atoms with Crippen LogP contribution in [-0.2, 0) is 13.2 Å². The summed E-state index contributed by atoms with van der Waals surface area (Å²) in [4.78, 5) is 52.3. The number of carboxylic acid groups (broad SMARTS) is 1. The maximum Gasteiger partial charge on any atom is 0.417 e. The summed E-state index contributed by atoms with van der Waals surface area (Å²) in [5, 5.41) is 11.7. The van der Waals surface area contributed by atoms with Crippen LogP contribution >= 0.6 is 0 Å². The van der Waals surface area contributed by atoms with Gasteiger partial charge < -0.3 is 34.6 Å². The number of alkyl halides is 3. The fourth-order valence-electron chi connectivity index (χ4n) is 5.37. The molecule has 2 fully saturated rings. The van der Waals surface area contributed by atoms with Gasteiger partial charge in [0.25, 0.3) is 11.5 Å². The number of benzene rings is 1. The first kappa shape index (κ1) is 31.7. The molecule has 0 saturated carbocycles. The molecule has 12 nitrogen and oxygen atoms in total.